The van der Waals surface area contributed by atoms with E-state index in [0.717, 1.165) is 22.6 Å². The van der Waals surface area contributed by atoms with Crippen molar-refractivity contribution in [2.24, 2.45) is 5.92 Å². The van der Waals surface area contributed by atoms with Crippen LogP contribution >= 0.6 is 0 Å². The standard InChI is InChI=1S/C19H25N5O2/c1-12(2)17(11-25)22-19-15-6-8-24(13(3)26)10-16(15)21-18(23-19)14-5-4-7-20-9-14/h4-5,7,9,12,17,25H,6,8,10-11H2,1-3H3,(H,21,22,23)/t17-/m1/s1. The Morgan fingerprint density at radius 2 is 2.19 bits per heavy atom. The fraction of sp³-hybridized carbons (Fsp3) is 0.474. The number of fused-ring (bicyclic) bond motifs is 1. The predicted octanol–water partition coefficient (Wildman–Crippen LogP) is 1.87. The Bertz CT molecular complexity index is 779. The molecule has 1 amide bonds. The highest BCUT2D eigenvalue weighted by atomic mass is 16.3. The Morgan fingerprint density at radius 3 is 2.81 bits per heavy atom. The maximum Gasteiger partial charge on any atom is 0.219 e. The molecule has 0 spiro atoms. The number of amides is 1. The van der Waals surface area contributed by atoms with Crippen molar-refractivity contribution in [3.63, 3.8) is 0 Å². The summed E-state index contributed by atoms with van der Waals surface area (Å²) in [5, 5.41) is 13.1. The monoisotopic (exact) mass is 355 g/mol. The SMILES string of the molecule is CC(=O)N1CCc2c(nc(-c3cccnc3)nc2N[C@H](CO)C(C)C)C1. The van der Waals surface area contributed by atoms with E-state index in [2.05, 4.69) is 24.1 Å². The minimum absolute atomic E-state index is 0.0260. The Labute approximate surface area is 153 Å². The first-order chi connectivity index (χ1) is 12.5. The van der Waals surface area contributed by atoms with Gasteiger partial charge in [-0.2, -0.15) is 0 Å². The lowest BCUT2D eigenvalue weighted by Crippen LogP contribution is -2.37. The highest BCUT2D eigenvalue weighted by Gasteiger charge is 2.25. The van der Waals surface area contributed by atoms with E-state index in [1.165, 1.54) is 0 Å². The third-order valence-corrected chi connectivity index (χ3v) is 4.75. The van der Waals surface area contributed by atoms with Gasteiger partial charge in [0.25, 0.3) is 0 Å². The van der Waals surface area contributed by atoms with Crippen LogP contribution in [0.15, 0.2) is 24.5 Å². The number of nitrogens with one attached hydrogen (secondary N) is 1. The van der Waals surface area contributed by atoms with Gasteiger partial charge in [-0.1, -0.05) is 13.8 Å². The molecule has 7 heteroatoms. The Morgan fingerprint density at radius 1 is 1.38 bits per heavy atom. The van der Waals surface area contributed by atoms with Gasteiger partial charge in [-0.25, -0.2) is 9.97 Å². The van der Waals surface area contributed by atoms with Crippen LogP contribution in [-0.2, 0) is 17.8 Å². The number of carbonyl (C=O) groups is 1. The Kier molecular flexibility index (Phi) is 5.46. The second kappa shape index (κ2) is 7.78. The van der Waals surface area contributed by atoms with E-state index in [1.807, 2.05) is 12.1 Å². The molecule has 3 rings (SSSR count). The first kappa shape index (κ1) is 18.3. The molecular weight excluding hydrogens is 330 g/mol. The summed E-state index contributed by atoms with van der Waals surface area (Å²) in [5.41, 5.74) is 2.70. The number of hydrogen-bond donors (Lipinski definition) is 2. The van der Waals surface area contributed by atoms with Crippen molar-refractivity contribution in [1.82, 2.24) is 19.9 Å². The fourth-order valence-corrected chi connectivity index (χ4v) is 3.04. The zero-order valence-corrected chi connectivity index (χ0v) is 15.4. The van der Waals surface area contributed by atoms with E-state index in [4.69, 9.17) is 9.97 Å². The lowest BCUT2D eigenvalue weighted by Gasteiger charge is -2.30. The molecule has 1 aliphatic heterocycles. The predicted molar refractivity (Wildman–Crippen MR) is 99.4 cm³/mol. The van der Waals surface area contributed by atoms with Crippen molar-refractivity contribution in [2.45, 2.75) is 39.8 Å². The minimum Gasteiger partial charge on any atom is -0.394 e. The van der Waals surface area contributed by atoms with Crippen molar-refractivity contribution in [1.29, 1.82) is 0 Å². The molecule has 0 bridgehead atoms. The maximum absolute atomic E-state index is 11.8. The van der Waals surface area contributed by atoms with Crippen LogP contribution in [0.1, 0.15) is 32.0 Å². The summed E-state index contributed by atoms with van der Waals surface area (Å²) in [7, 11) is 0. The third-order valence-electron chi connectivity index (χ3n) is 4.75. The van der Waals surface area contributed by atoms with Gasteiger partial charge in [0.05, 0.1) is 24.9 Å². The number of hydrogen-bond acceptors (Lipinski definition) is 6. The van der Waals surface area contributed by atoms with Gasteiger partial charge in [0.1, 0.15) is 5.82 Å². The van der Waals surface area contributed by atoms with Gasteiger partial charge in [0.15, 0.2) is 5.82 Å². The molecule has 3 heterocycles. The van der Waals surface area contributed by atoms with E-state index < -0.39 is 0 Å². The van der Waals surface area contributed by atoms with Gasteiger partial charge in [-0.15, -0.1) is 0 Å². The molecule has 2 aromatic rings. The smallest absolute Gasteiger partial charge is 0.219 e. The highest BCUT2D eigenvalue weighted by Crippen LogP contribution is 2.28. The summed E-state index contributed by atoms with van der Waals surface area (Å²) < 4.78 is 0. The number of pyridine rings is 1. The van der Waals surface area contributed by atoms with E-state index in [-0.39, 0.29) is 24.5 Å². The van der Waals surface area contributed by atoms with Gasteiger partial charge in [0.2, 0.25) is 5.91 Å². The van der Waals surface area contributed by atoms with Crippen LogP contribution in [0.5, 0.6) is 0 Å². The Hall–Kier alpha value is -2.54. The number of aliphatic hydroxyl groups is 1. The first-order valence-corrected chi connectivity index (χ1v) is 8.92. The van der Waals surface area contributed by atoms with Crippen LogP contribution in [0, 0.1) is 5.92 Å². The van der Waals surface area contributed by atoms with Gasteiger partial charge in [-0.05, 0) is 24.5 Å². The van der Waals surface area contributed by atoms with Crippen LogP contribution in [0.2, 0.25) is 0 Å². The van der Waals surface area contributed by atoms with Gasteiger partial charge in [0, 0.05) is 37.0 Å². The molecule has 0 radical (unpaired) electrons. The van der Waals surface area contributed by atoms with E-state index in [1.54, 1.807) is 24.2 Å². The van der Waals surface area contributed by atoms with Gasteiger partial charge < -0.3 is 15.3 Å². The molecule has 138 valence electrons. The summed E-state index contributed by atoms with van der Waals surface area (Å²) in [4.78, 5) is 27.1. The number of aliphatic hydroxyl groups excluding tert-OH is 1. The molecule has 0 fully saturated rings. The van der Waals surface area contributed by atoms with E-state index in [9.17, 15) is 9.90 Å². The van der Waals surface area contributed by atoms with Crippen molar-refractivity contribution in [3.8, 4) is 11.4 Å². The molecule has 0 saturated carbocycles. The van der Waals surface area contributed by atoms with Crippen molar-refractivity contribution in [2.75, 3.05) is 18.5 Å². The quantitative estimate of drug-likeness (QED) is 0.851. The highest BCUT2D eigenvalue weighted by molar-refractivity contribution is 5.74. The van der Waals surface area contributed by atoms with Crippen LogP contribution < -0.4 is 5.32 Å². The zero-order valence-electron chi connectivity index (χ0n) is 15.4. The zero-order chi connectivity index (χ0) is 18.7. The van der Waals surface area contributed by atoms with Crippen LogP contribution in [-0.4, -0.2) is 50.1 Å². The summed E-state index contributed by atoms with van der Waals surface area (Å²) in [6.07, 6.45) is 4.13. The molecule has 0 aliphatic carbocycles. The number of carbonyl (C=O) groups excluding carboxylic acids is 1. The largest absolute Gasteiger partial charge is 0.394 e. The second-order valence-corrected chi connectivity index (χ2v) is 6.93. The van der Waals surface area contributed by atoms with Crippen LogP contribution in [0.3, 0.4) is 0 Å². The summed E-state index contributed by atoms with van der Waals surface area (Å²) in [6, 6.07) is 3.66. The third kappa shape index (κ3) is 3.83. The number of anilines is 1. The lowest BCUT2D eigenvalue weighted by molar-refractivity contribution is -0.129. The maximum atomic E-state index is 11.8. The van der Waals surface area contributed by atoms with Crippen molar-refractivity contribution < 1.29 is 9.90 Å². The van der Waals surface area contributed by atoms with Crippen molar-refractivity contribution in [3.05, 3.63) is 35.8 Å². The van der Waals surface area contributed by atoms with Gasteiger partial charge >= 0.3 is 0 Å². The van der Waals surface area contributed by atoms with Crippen molar-refractivity contribution >= 4 is 11.7 Å². The molecular formula is C19H25N5O2. The molecule has 0 saturated heterocycles. The number of aromatic nitrogens is 3. The first-order valence-electron chi connectivity index (χ1n) is 8.92. The molecule has 7 nitrogen and oxygen atoms in total. The average Bonchev–Trinajstić information content (AvgIpc) is 2.65. The molecule has 0 aromatic carbocycles. The fourth-order valence-electron chi connectivity index (χ4n) is 3.04. The summed E-state index contributed by atoms with van der Waals surface area (Å²) in [6.45, 7) is 6.84. The summed E-state index contributed by atoms with van der Waals surface area (Å²) in [5.74, 6) is 1.61. The summed E-state index contributed by atoms with van der Waals surface area (Å²) >= 11 is 0. The topological polar surface area (TPSA) is 91.2 Å². The minimum atomic E-state index is -0.0958. The second-order valence-electron chi connectivity index (χ2n) is 6.93. The van der Waals surface area contributed by atoms with Crippen LogP contribution in [0.4, 0.5) is 5.82 Å². The lowest BCUT2D eigenvalue weighted by atomic mass is 10.0. The molecule has 26 heavy (non-hydrogen) atoms. The normalized spacial score (nSPS) is 14.9. The van der Waals surface area contributed by atoms with Gasteiger partial charge in [-0.3, -0.25) is 9.78 Å². The Balaban J connectivity index is 2.04. The molecule has 0 unspecified atom stereocenters. The number of rotatable bonds is 5. The number of nitrogens with zero attached hydrogens (tertiary/aromatic N) is 4. The van der Waals surface area contributed by atoms with E-state index >= 15 is 0 Å². The van der Waals surface area contributed by atoms with E-state index in [0.29, 0.717) is 25.3 Å². The molecule has 2 N–H and O–H groups in total. The average molecular weight is 355 g/mol. The van der Waals surface area contributed by atoms with Crippen LogP contribution in [0.25, 0.3) is 11.4 Å². The molecule has 1 atom stereocenters. The molecule has 1 aliphatic rings. The molecule has 2 aromatic heterocycles.